The lowest BCUT2D eigenvalue weighted by Crippen LogP contribution is -2.27. The fourth-order valence-electron chi connectivity index (χ4n) is 3.52. The molecule has 1 N–H and O–H groups in total. The topological polar surface area (TPSA) is 46.9 Å². The molecule has 0 fully saturated rings. The van der Waals surface area contributed by atoms with Crippen molar-refractivity contribution in [2.45, 2.75) is 40.3 Å². The second-order valence-corrected chi connectivity index (χ2v) is 6.61. The minimum Gasteiger partial charge on any atom is -0.347 e. The molecule has 4 nitrogen and oxygen atoms in total. The first kappa shape index (κ1) is 18.8. The van der Waals surface area contributed by atoms with Gasteiger partial charge >= 0.3 is 0 Å². The van der Waals surface area contributed by atoms with Crippen molar-refractivity contribution in [3.8, 4) is 0 Å². The third-order valence-corrected chi connectivity index (χ3v) is 4.95. The Hall–Kier alpha value is -2.95. The van der Waals surface area contributed by atoms with Crippen LogP contribution in [0, 0.1) is 19.7 Å². The van der Waals surface area contributed by atoms with Gasteiger partial charge in [-0.1, -0.05) is 31.2 Å². The molecule has 1 aromatic carbocycles. The van der Waals surface area contributed by atoms with Crippen LogP contribution in [0.2, 0.25) is 0 Å². The summed E-state index contributed by atoms with van der Waals surface area (Å²) in [7, 11) is 0. The number of nitrogens with zero attached hydrogens (tertiary/aromatic N) is 2. The first-order chi connectivity index (χ1) is 13.0. The van der Waals surface area contributed by atoms with Crippen LogP contribution in [0.4, 0.5) is 4.39 Å². The van der Waals surface area contributed by atoms with Crippen molar-refractivity contribution >= 4 is 5.91 Å². The summed E-state index contributed by atoms with van der Waals surface area (Å²) in [5, 5.41) is 2.97. The lowest BCUT2D eigenvalue weighted by Gasteiger charge is -2.13. The number of carbonyl (C=O) groups is 1. The van der Waals surface area contributed by atoms with Gasteiger partial charge in [0.2, 0.25) is 0 Å². The molecule has 0 atom stereocenters. The highest BCUT2D eigenvalue weighted by atomic mass is 19.1. The van der Waals surface area contributed by atoms with Crippen LogP contribution in [0.3, 0.4) is 0 Å². The third kappa shape index (κ3) is 3.92. The summed E-state index contributed by atoms with van der Waals surface area (Å²) >= 11 is 0. The average Bonchev–Trinajstić information content (AvgIpc) is 2.92. The van der Waals surface area contributed by atoms with E-state index in [1.165, 1.54) is 6.07 Å². The van der Waals surface area contributed by atoms with Crippen molar-refractivity contribution in [3.05, 3.63) is 88.3 Å². The standard InChI is InChI=1S/C22H24FN3O/c1-4-19-15(2)21(22(27)25-13-17-8-7-11-24-12-17)26(16(19)3)14-18-9-5-6-10-20(18)23/h5-12H,4,13-14H2,1-3H3,(H,25,27). The normalized spacial score (nSPS) is 10.8. The first-order valence-corrected chi connectivity index (χ1v) is 9.12. The second-order valence-electron chi connectivity index (χ2n) is 6.61. The molecule has 0 aliphatic heterocycles. The average molecular weight is 365 g/mol. The number of carbonyl (C=O) groups excluding carboxylic acids is 1. The smallest absolute Gasteiger partial charge is 0.268 e. The summed E-state index contributed by atoms with van der Waals surface area (Å²) in [5.74, 6) is -0.418. The molecule has 0 radical (unpaired) electrons. The molecular weight excluding hydrogens is 341 g/mol. The van der Waals surface area contributed by atoms with Gasteiger partial charge in [0.1, 0.15) is 11.5 Å². The Bertz CT molecular complexity index is 948. The monoisotopic (exact) mass is 365 g/mol. The molecule has 0 bridgehead atoms. The van der Waals surface area contributed by atoms with Crippen LogP contribution in [0.15, 0.2) is 48.8 Å². The molecule has 0 unspecified atom stereocenters. The molecule has 2 aromatic heterocycles. The second kappa shape index (κ2) is 8.16. The predicted octanol–water partition coefficient (Wildman–Crippen LogP) is 4.18. The summed E-state index contributed by atoms with van der Waals surface area (Å²) in [6.07, 6.45) is 4.25. The van der Waals surface area contributed by atoms with Gasteiger partial charge in [-0.05, 0) is 49.1 Å². The number of nitrogens with one attached hydrogen (secondary N) is 1. The first-order valence-electron chi connectivity index (χ1n) is 9.12. The molecule has 3 aromatic rings. The number of rotatable bonds is 6. The van der Waals surface area contributed by atoms with E-state index in [0.29, 0.717) is 24.3 Å². The lowest BCUT2D eigenvalue weighted by atomic mass is 10.1. The highest BCUT2D eigenvalue weighted by molar-refractivity contribution is 5.95. The predicted molar refractivity (Wildman–Crippen MR) is 104 cm³/mol. The lowest BCUT2D eigenvalue weighted by molar-refractivity contribution is 0.0941. The Morgan fingerprint density at radius 1 is 1.19 bits per heavy atom. The zero-order valence-electron chi connectivity index (χ0n) is 15.9. The maximum atomic E-state index is 14.2. The van der Waals surface area contributed by atoms with E-state index >= 15 is 0 Å². The van der Waals surface area contributed by atoms with Crippen molar-refractivity contribution in [2.75, 3.05) is 0 Å². The van der Waals surface area contributed by atoms with E-state index in [4.69, 9.17) is 0 Å². The highest BCUT2D eigenvalue weighted by Gasteiger charge is 2.22. The van der Waals surface area contributed by atoms with Crippen molar-refractivity contribution < 1.29 is 9.18 Å². The molecule has 0 aliphatic carbocycles. The molecule has 140 valence electrons. The van der Waals surface area contributed by atoms with Gasteiger partial charge in [0.25, 0.3) is 5.91 Å². The molecule has 0 saturated carbocycles. The van der Waals surface area contributed by atoms with Crippen LogP contribution in [0.25, 0.3) is 0 Å². The van der Waals surface area contributed by atoms with Crippen LogP contribution in [0.5, 0.6) is 0 Å². The van der Waals surface area contributed by atoms with Crippen LogP contribution >= 0.6 is 0 Å². The summed E-state index contributed by atoms with van der Waals surface area (Å²) in [5.41, 5.74) is 5.19. The van der Waals surface area contributed by atoms with Gasteiger partial charge in [0, 0.05) is 30.2 Å². The van der Waals surface area contributed by atoms with Crippen molar-refractivity contribution in [3.63, 3.8) is 0 Å². The minimum atomic E-state index is -0.261. The van der Waals surface area contributed by atoms with Crippen molar-refractivity contribution in [1.29, 1.82) is 0 Å². The van der Waals surface area contributed by atoms with Crippen molar-refractivity contribution in [1.82, 2.24) is 14.9 Å². The van der Waals surface area contributed by atoms with E-state index in [2.05, 4.69) is 17.2 Å². The van der Waals surface area contributed by atoms with Gasteiger partial charge in [-0.2, -0.15) is 0 Å². The summed E-state index contributed by atoms with van der Waals surface area (Å²) in [6.45, 7) is 6.75. The summed E-state index contributed by atoms with van der Waals surface area (Å²) in [6, 6.07) is 10.4. The van der Waals surface area contributed by atoms with E-state index in [0.717, 1.165) is 28.8 Å². The van der Waals surface area contributed by atoms with E-state index in [-0.39, 0.29) is 11.7 Å². The fourth-order valence-corrected chi connectivity index (χ4v) is 3.52. The van der Waals surface area contributed by atoms with Crippen LogP contribution in [0.1, 0.15) is 45.4 Å². The Labute approximate surface area is 159 Å². The van der Waals surface area contributed by atoms with Gasteiger partial charge in [-0.3, -0.25) is 9.78 Å². The number of amides is 1. The maximum absolute atomic E-state index is 14.2. The van der Waals surface area contributed by atoms with E-state index in [1.54, 1.807) is 24.5 Å². The Morgan fingerprint density at radius 2 is 1.96 bits per heavy atom. The number of hydrogen-bond donors (Lipinski definition) is 1. The van der Waals surface area contributed by atoms with Gasteiger partial charge < -0.3 is 9.88 Å². The van der Waals surface area contributed by atoms with Gasteiger partial charge in [-0.15, -0.1) is 0 Å². The van der Waals surface area contributed by atoms with Crippen LogP contribution in [-0.2, 0) is 19.5 Å². The number of halogens is 1. The Balaban J connectivity index is 1.93. The number of aromatic nitrogens is 2. The molecule has 1 amide bonds. The van der Waals surface area contributed by atoms with Gasteiger partial charge in [0.05, 0.1) is 6.54 Å². The van der Waals surface area contributed by atoms with E-state index in [9.17, 15) is 9.18 Å². The molecule has 0 aliphatic rings. The molecule has 2 heterocycles. The zero-order chi connectivity index (χ0) is 19.4. The third-order valence-electron chi connectivity index (χ3n) is 4.95. The van der Waals surface area contributed by atoms with Crippen LogP contribution < -0.4 is 5.32 Å². The Morgan fingerprint density at radius 3 is 2.63 bits per heavy atom. The molecule has 5 heteroatoms. The number of benzene rings is 1. The maximum Gasteiger partial charge on any atom is 0.268 e. The van der Waals surface area contributed by atoms with E-state index < -0.39 is 0 Å². The van der Waals surface area contributed by atoms with Crippen molar-refractivity contribution in [2.24, 2.45) is 0 Å². The highest BCUT2D eigenvalue weighted by Crippen LogP contribution is 2.24. The summed E-state index contributed by atoms with van der Waals surface area (Å²) in [4.78, 5) is 17.0. The molecule has 27 heavy (non-hydrogen) atoms. The molecular formula is C22H24FN3O. The Kier molecular flexibility index (Phi) is 5.69. The number of hydrogen-bond acceptors (Lipinski definition) is 2. The summed E-state index contributed by atoms with van der Waals surface area (Å²) < 4.78 is 16.1. The SMILES string of the molecule is CCc1c(C)c(C(=O)NCc2cccnc2)n(Cc2ccccc2F)c1C. The molecule has 0 spiro atoms. The fraction of sp³-hybridized carbons (Fsp3) is 0.273. The zero-order valence-corrected chi connectivity index (χ0v) is 15.9. The quantitative estimate of drug-likeness (QED) is 0.712. The van der Waals surface area contributed by atoms with Gasteiger partial charge in [0.15, 0.2) is 0 Å². The van der Waals surface area contributed by atoms with Gasteiger partial charge in [-0.25, -0.2) is 4.39 Å². The largest absolute Gasteiger partial charge is 0.347 e. The number of pyridine rings is 1. The van der Waals surface area contributed by atoms with Crippen LogP contribution in [-0.4, -0.2) is 15.5 Å². The molecule has 0 saturated heterocycles. The van der Waals surface area contributed by atoms with E-state index in [1.807, 2.05) is 36.6 Å². The minimum absolute atomic E-state index is 0.157. The molecule has 3 rings (SSSR count).